The number of esters is 1. The Labute approximate surface area is 358 Å². The third-order valence-electron chi connectivity index (χ3n) is 12.9. The lowest BCUT2D eigenvalue weighted by atomic mass is 9.66. The second-order valence-electron chi connectivity index (χ2n) is 17.7. The second kappa shape index (κ2) is 18.9. The number of aliphatic imine (C=N–C) groups is 1. The van der Waals surface area contributed by atoms with Gasteiger partial charge in [-0.2, -0.15) is 0 Å². The molecule has 1 amide bonds. The molecule has 14 heteroatoms. The Morgan fingerprint density at radius 1 is 1.07 bits per heavy atom. The number of carbonyl (C=O) groups is 3. The number of likely N-dealkylation sites (N-methyl/N-ethyl adjacent to an activating group) is 1. The SMILES string of the molecule is CC[C@H]1OC(=O)[C@H](C)C(=O)[C@H](C)[C@@H](O[C@@H]2O[C@H](C)C[C@H](N(C)C)[C@H]2O)[C@@](C)(CC#Cc2ccc(/C=N/Oc3ccccc3)s2)C[C@@H](C)C2=NCCN3C(=O)O[C@@]1(C)[C@H]3[C@H]2C. The summed E-state index contributed by atoms with van der Waals surface area (Å²) in [6.45, 7) is 16.0. The molecule has 4 aliphatic rings. The van der Waals surface area contributed by atoms with Crippen molar-refractivity contribution >= 4 is 41.1 Å². The summed E-state index contributed by atoms with van der Waals surface area (Å²) in [5.74, 6) is 3.90. The smallest absolute Gasteiger partial charge is 0.410 e. The van der Waals surface area contributed by atoms with Crippen molar-refractivity contribution in [1.29, 1.82) is 0 Å². The summed E-state index contributed by atoms with van der Waals surface area (Å²) in [6, 6.07) is 12.5. The lowest BCUT2D eigenvalue weighted by molar-refractivity contribution is -0.286. The molecule has 5 heterocycles. The average molecular weight is 847 g/mol. The summed E-state index contributed by atoms with van der Waals surface area (Å²) >= 11 is 1.47. The van der Waals surface area contributed by atoms with Crippen LogP contribution in [-0.4, -0.2) is 120 Å². The number of oxime groups is 1. The fraction of sp³-hybridized carbons (Fsp3) is 0.630. The molecule has 4 aliphatic heterocycles. The zero-order valence-electron chi connectivity index (χ0n) is 36.6. The molecule has 326 valence electrons. The van der Waals surface area contributed by atoms with Crippen molar-refractivity contribution in [3.05, 3.63) is 52.2 Å². The van der Waals surface area contributed by atoms with Crippen molar-refractivity contribution in [3.8, 4) is 17.6 Å². The fourth-order valence-electron chi connectivity index (χ4n) is 9.91. The largest absolute Gasteiger partial charge is 0.458 e. The number of ether oxygens (including phenoxy) is 4. The molecule has 2 aromatic rings. The molecule has 0 spiro atoms. The number of hydrogen-bond acceptors (Lipinski definition) is 13. The highest BCUT2D eigenvalue weighted by Gasteiger charge is 2.60. The maximum Gasteiger partial charge on any atom is 0.410 e. The van der Waals surface area contributed by atoms with Gasteiger partial charge in [-0.1, -0.05) is 69.8 Å². The molecule has 2 bridgehead atoms. The van der Waals surface area contributed by atoms with Gasteiger partial charge in [-0.05, 0) is 84.3 Å². The van der Waals surface area contributed by atoms with Crippen LogP contribution >= 0.6 is 11.3 Å². The minimum atomic E-state index is -1.18. The van der Waals surface area contributed by atoms with Gasteiger partial charge in [-0.3, -0.25) is 19.5 Å². The minimum Gasteiger partial charge on any atom is -0.458 e. The zero-order chi connectivity index (χ0) is 43.5. The summed E-state index contributed by atoms with van der Waals surface area (Å²) in [7, 11) is 3.83. The van der Waals surface area contributed by atoms with Gasteiger partial charge >= 0.3 is 12.1 Å². The van der Waals surface area contributed by atoms with Crippen molar-refractivity contribution < 1.29 is 43.3 Å². The molecule has 0 unspecified atom stereocenters. The number of ketones is 1. The Hall–Kier alpha value is -4.13. The quantitative estimate of drug-likeness (QED) is 0.101. The van der Waals surface area contributed by atoms with Crippen molar-refractivity contribution in [2.75, 3.05) is 27.2 Å². The van der Waals surface area contributed by atoms with Gasteiger partial charge in [0.05, 0.1) is 40.8 Å². The number of thiophene rings is 1. The van der Waals surface area contributed by atoms with Gasteiger partial charge in [0.1, 0.15) is 18.1 Å². The van der Waals surface area contributed by atoms with E-state index >= 15 is 0 Å². The van der Waals surface area contributed by atoms with E-state index in [-0.39, 0.29) is 29.8 Å². The predicted molar refractivity (Wildman–Crippen MR) is 230 cm³/mol. The van der Waals surface area contributed by atoms with E-state index in [0.717, 1.165) is 15.5 Å². The molecular weight excluding hydrogens is 785 g/mol. The van der Waals surface area contributed by atoms with Gasteiger partial charge in [-0.15, -0.1) is 11.3 Å². The van der Waals surface area contributed by atoms with E-state index in [1.165, 1.54) is 11.3 Å². The summed E-state index contributed by atoms with van der Waals surface area (Å²) in [4.78, 5) is 58.2. The fourth-order valence-corrected chi connectivity index (χ4v) is 10.7. The maximum absolute atomic E-state index is 14.7. The zero-order valence-corrected chi connectivity index (χ0v) is 37.4. The summed E-state index contributed by atoms with van der Waals surface area (Å²) in [6.07, 6.45) is -1.05. The van der Waals surface area contributed by atoms with Crippen LogP contribution in [0.1, 0.15) is 90.8 Å². The monoisotopic (exact) mass is 846 g/mol. The number of hydrogen-bond donors (Lipinski definition) is 1. The van der Waals surface area contributed by atoms with Crippen LogP contribution in [0.3, 0.4) is 0 Å². The van der Waals surface area contributed by atoms with E-state index < -0.39 is 65.6 Å². The molecule has 0 radical (unpaired) electrons. The number of Topliss-reactive ketones (excluding diaryl/α,β-unsaturated/α-hetero) is 1. The number of fused-ring (bicyclic) bond motifs is 1. The highest BCUT2D eigenvalue weighted by molar-refractivity contribution is 7.14. The maximum atomic E-state index is 14.7. The van der Waals surface area contributed by atoms with Gasteiger partial charge < -0.3 is 33.8 Å². The summed E-state index contributed by atoms with van der Waals surface area (Å²) < 4.78 is 25.6. The van der Waals surface area contributed by atoms with Crippen LogP contribution in [0.25, 0.3) is 0 Å². The molecule has 3 saturated heterocycles. The average Bonchev–Trinajstić information content (AvgIpc) is 3.70. The second-order valence-corrected chi connectivity index (χ2v) is 18.9. The predicted octanol–water partition coefficient (Wildman–Crippen LogP) is 6.59. The van der Waals surface area contributed by atoms with E-state index in [0.29, 0.717) is 44.5 Å². The van der Waals surface area contributed by atoms with E-state index in [1.807, 2.05) is 82.2 Å². The third kappa shape index (κ3) is 9.50. The lowest BCUT2D eigenvalue weighted by Gasteiger charge is -2.47. The van der Waals surface area contributed by atoms with Gasteiger partial charge in [0.25, 0.3) is 0 Å². The van der Waals surface area contributed by atoms with Crippen LogP contribution in [-0.2, 0) is 28.5 Å². The standard InChI is InChI=1S/C46H62N4O9S/c1-11-36-46(8)40-29(4)37(47-22-23-50(40)44(54)58-46)27(2)25-45(7,21-15-18-33-19-20-34(60-33)26-48-59-32-16-13-12-14-17-32)41(30(5)38(51)31(6)42(53)56-36)57-43-39(52)35(49(9)10)24-28(3)55-43/h12-14,16-17,19-20,26-31,35-36,39-41,43,52H,11,21-25H2,1-10H3/b48-26+/t27-,28-,29+,30+,31-,35+,36-,39-,40-,41-,43+,45+,46-/m1/s1. The van der Waals surface area contributed by atoms with Gasteiger partial charge in [0.15, 0.2) is 23.4 Å². The highest BCUT2D eigenvalue weighted by atomic mass is 32.1. The van der Waals surface area contributed by atoms with Gasteiger partial charge in [0, 0.05) is 42.0 Å². The molecule has 13 nitrogen and oxygen atoms in total. The van der Waals surface area contributed by atoms with Crippen molar-refractivity contribution in [3.63, 3.8) is 0 Å². The lowest BCUT2D eigenvalue weighted by Crippen LogP contribution is -2.58. The van der Waals surface area contributed by atoms with E-state index in [9.17, 15) is 19.5 Å². The molecule has 3 fully saturated rings. The Bertz CT molecular complexity index is 1980. The Morgan fingerprint density at radius 3 is 2.50 bits per heavy atom. The van der Waals surface area contributed by atoms with E-state index in [1.54, 1.807) is 25.0 Å². The van der Waals surface area contributed by atoms with Crippen LogP contribution in [0.4, 0.5) is 4.79 Å². The van der Waals surface area contributed by atoms with Crippen LogP contribution in [0.15, 0.2) is 52.6 Å². The molecule has 1 N–H and O–H groups in total. The van der Waals surface area contributed by atoms with E-state index in [2.05, 4.69) is 37.8 Å². The van der Waals surface area contributed by atoms with Crippen LogP contribution in [0, 0.1) is 40.9 Å². The first-order chi connectivity index (χ1) is 28.5. The van der Waals surface area contributed by atoms with Crippen molar-refractivity contribution in [2.24, 2.45) is 39.2 Å². The van der Waals surface area contributed by atoms with Crippen LogP contribution in [0.5, 0.6) is 5.75 Å². The summed E-state index contributed by atoms with van der Waals surface area (Å²) in [5, 5.41) is 15.9. The molecule has 6 rings (SSSR count). The topological polar surface area (TPSA) is 149 Å². The molecule has 1 aromatic carbocycles. The van der Waals surface area contributed by atoms with Crippen molar-refractivity contribution in [1.82, 2.24) is 9.80 Å². The minimum absolute atomic E-state index is 0.164. The number of rotatable bonds is 8. The van der Waals surface area contributed by atoms with Gasteiger partial charge in [0.2, 0.25) is 0 Å². The molecule has 0 aliphatic carbocycles. The first-order valence-corrected chi connectivity index (χ1v) is 22.1. The number of benzene rings is 1. The van der Waals surface area contributed by atoms with Gasteiger partial charge in [-0.25, -0.2) is 4.79 Å². The normalized spacial score (nSPS) is 36.5. The molecule has 0 saturated carbocycles. The molecular formula is C46H62N4O9S. The van der Waals surface area contributed by atoms with Crippen LogP contribution in [0.2, 0.25) is 0 Å². The van der Waals surface area contributed by atoms with E-state index in [4.69, 9.17) is 28.8 Å². The Kier molecular flexibility index (Phi) is 14.3. The highest BCUT2D eigenvalue weighted by Crippen LogP contribution is 2.46. The number of carbonyl (C=O) groups excluding carboxylic acids is 3. The summed E-state index contributed by atoms with van der Waals surface area (Å²) in [5.41, 5.74) is -1.13. The first kappa shape index (κ1) is 45.4. The molecule has 60 heavy (non-hydrogen) atoms. The number of nitrogens with zero attached hydrogens (tertiary/aromatic N) is 4. The number of para-hydroxylation sites is 1. The number of amides is 1. The molecule has 13 atom stereocenters. The number of cyclic esters (lactones) is 1. The Balaban J connectivity index is 1.40. The number of aliphatic hydroxyl groups is 1. The van der Waals surface area contributed by atoms with Crippen LogP contribution < -0.4 is 4.84 Å². The third-order valence-corrected chi connectivity index (χ3v) is 13.9. The van der Waals surface area contributed by atoms with Crippen molar-refractivity contribution in [2.45, 2.75) is 129 Å². The Morgan fingerprint density at radius 2 is 1.80 bits per heavy atom. The number of aliphatic hydroxyl groups excluding tert-OH is 1. The molecule has 1 aromatic heterocycles. The first-order valence-electron chi connectivity index (χ1n) is 21.2.